The van der Waals surface area contributed by atoms with E-state index < -0.39 is 0 Å². The molecule has 2 aromatic rings. The van der Waals surface area contributed by atoms with Gasteiger partial charge in [0.15, 0.2) is 5.82 Å². The Balaban J connectivity index is 2.58. The third-order valence-corrected chi connectivity index (χ3v) is 3.12. The second-order valence-electron chi connectivity index (χ2n) is 3.05. The van der Waals surface area contributed by atoms with Crippen molar-refractivity contribution in [3.63, 3.8) is 0 Å². The van der Waals surface area contributed by atoms with E-state index >= 15 is 0 Å². The number of anilines is 1. The Kier molecular flexibility index (Phi) is 3.33. The van der Waals surface area contributed by atoms with Crippen LogP contribution in [0.4, 0.5) is 5.82 Å². The Morgan fingerprint density at radius 2 is 2.00 bits per heavy atom. The summed E-state index contributed by atoms with van der Waals surface area (Å²) in [6.07, 6.45) is 1.58. The lowest BCUT2D eigenvalue weighted by Gasteiger charge is -2.05. The number of nitrogens with zero attached hydrogens (tertiary/aromatic N) is 2. The average Bonchev–Trinajstić information content (AvgIpc) is 2.26. The Bertz CT molecular complexity index is 546. The zero-order valence-electron chi connectivity index (χ0n) is 7.92. The average molecular weight is 319 g/mol. The fourth-order valence-corrected chi connectivity index (χ4v) is 1.74. The first-order valence-corrected chi connectivity index (χ1v) is 5.86. The largest absolute Gasteiger partial charge is 0.383 e. The van der Waals surface area contributed by atoms with Crippen LogP contribution in [0.3, 0.4) is 0 Å². The van der Waals surface area contributed by atoms with E-state index in [4.69, 9.17) is 28.9 Å². The zero-order chi connectivity index (χ0) is 11.7. The van der Waals surface area contributed by atoms with Crippen LogP contribution in [-0.4, -0.2) is 9.97 Å². The molecule has 0 fully saturated rings. The highest BCUT2D eigenvalue weighted by molar-refractivity contribution is 9.10. The van der Waals surface area contributed by atoms with Gasteiger partial charge in [-0.3, -0.25) is 0 Å². The Morgan fingerprint density at radius 1 is 1.25 bits per heavy atom. The maximum absolute atomic E-state index is 6.03. The van der Waals surface area contributed by atoms with Crippen molar-refractivity contribution in [3.05, 3.63) is 38.9 Å². The van der Waals surface area contributed by atoms with Crippen molar-refractivity contribution in [1.29, 1.82) is 0 Å². The molecule has 1 aromatic heterocycles. The normalized spacial score (nSPS) is 10.4. The van der Waals surface area contributed by atoms with Crippen molar-refractivity contribution < 1.29 is 0 Å². The molecule has 0 radical (unpaired) electrons. The smallest absolute Gasteiger partial charge is 0.163 e. The van der Waals surface area contributed by atoms with Crippen LogP contribution >= 0.6 is 39.1 Å². The molecule has 0 bridgehead atoms. The number of benzene rings is 1. The maximum Gasteiger partial charge on any atom is 0.163 e. The Labute approximate surface area is 111 Å². The molecule has 6 heteroatoms. The van der Waals surface area contributed by atoms with Gasteiger partial charge in [0, 0.05) is 16.8 Å². The summed E-state index contributed by atoms with van der Waals surface area (Å²) >= 11 is 15.1. The van der Waals surface area contributed by atoms with E-state index in [1.807, 2.05) is 0 Å². The summed E-state index contributed by atoms with van der Waals surface area (Å²) in [5, 5.41) is 1.11. The van der Waals surface area contributed by atoms with Crippen LogP contribution in [-0.2, 0) is 0 Å². The van der Waals surface area contributed by atoms with Crippen LogP contribution in [0.5, 0.6) is 0 Å². The van der Waals surface area contributed by atoms with Gasteiger partial charge in [0.2, 0.25) is 0 Å². The first-order chi connectivity index (χ1) is 7.58. The Hall–Kier alpha value is -0.840. The molecule has 16 heavy (non-hydrogen) atoms. The topological polar surface area (TPSA) is 51.8 Å². The fraction of sp³-hybridized carbons (Fsp3) is 0. The van der Waals surface area contributed by atoms with Crippen molar-refractivity contribution in [3.8, 4) is 11.4 Å². The van der Waals surface area contributed by atoms with Crippen molar-refractivity contribution in [2.75, 3.05) is 5.73 Å². The third kappa shape index (κ3) is 2.29. The van der Waals surface area contributed by atoms with E-state index in [1.165, 1.54) is 0 Å². The van der Waals surface area contributed by atoms with E-state index in [0.717, 1.165) is 0 Å². The fourth-order valence-electron chi connectivity index (χ4n) is 1.18. The predicted octanol–water partition coefficient (Wildman–Crippen LogP) is 3.80. The van der Waals surface area contributed by atoms with Gasteiger partial charge in [-0.05, 0) is 34.1 Å². The summed E-state index contributed by atoms with van der Waals surface area (Å²) in [7, 11) is 0. The third-order valence-electron chi connectivity index (χ3n) is 1.94. The SMILES string of the molecule is Nc1nc(-c2cc(Cl)ccc2Cl)ncc1Br. The molecule has 2 rings (SSSR count). The molecular weight excluding hydrogens is 313 g/mol. The van der Waals surface area contributed by atoms with Crippen LogP contribution in [0.1, 0.15) is 0 Å². The van der Waals surface area contributed by atoms with Gasteiger partial charge in [-0.1, -0.05) is 23.2 Å². The van der Waals surface area contributed by atoms with Crippen molar-refractivity contribution in [2.45, 2.75) is 0 Å². The van der Waals surface area contributed by atoms with Crippen LogP contribution in [0.2, 0.25) is 10.0 Å². The van der Waals surface area contributed by atoms with Crippen molar-refractivity contribution >= 4 is 44.9 Å². The maximum atomic E-state index is 6.03. The van der Waals surface area contributed by atoms with E-state index in [9.17, 15) is 0 Å². The lowest BCUT2D eigenvalue weighted by Crippen LogP contribution is -1.96. The van der Waals surface area contributed by atoms with Gasteiger partial charge in [-0.2, -0.15) is 0 Å². The second kappa shape index (κ2) is 4.57. The highest BCUT2D eigenvalue weighted by atomic mass is 79.9. The number of rotatable bonds is 1. The van der Waals surface area contributed by atoms with Gasteiger partial charge in [0.25, 0.3) is 0 Å². The zero-order valence-corrected chi connectivity index (χ0v) is 11.0. The standard InChI is InChI=1S/C10H6BrCl2N3/c11-7-4-15-10(16-9(7)14)6-3-5(12)1-2-8(6)13/h1-4H,(H2,14,15,16). The minimum Gasteiger partial charge on any atom is -0.383 e. The first kappa shape index (κ1) is 11.6. The minimum absolute atomic E-state index is 0.362. The summed E-state index contributed by atoms with van der Waals surface area (Å²) in [6.45, 7) is 0. The number of hydrogen-bond donors (Lipinski definition) is 1. The summed E-state index contributed by atoms with van der Waals surface area (Å²) in [5.41, 5.74) is 6.33. The van der Waals surface area contributed by atoms with Crippen molar-refractivity contribution in [2.24, 2.45) is 0 Å². The van der Waals surface area contributed by atoms with Crippen LogP contribution in [0.25, 0.3) is 11.4 Å². The first-order valence-electron chi connectivity index (χ1n) is 4.31. The van der Waals surface area contributed by atoms with Crippen LogP contribution < -0.4 is 5.73 Å². The number of halogens is 3. The molecule has 0 aliphatic heterocycles. The minimum atomic E-state index is 0.362. The monoisotopic (exact) mass is 317 g/mol. The predicted molar refractivity (Wildman–Crippen MR) is 69.6 cm³/mol. The molecule has 0 aliphatic rings. The molecule has 0 saturated carbocycles. The molecule has 1 heterocycles. The summed E-state index contributed by atoms with van der Waals surface area (Å²) in [5.74, 6) is 0.814. The number of aromatic nitrogens is 2. The molecule has 0 aliphatic carbocycles. The molecule has 0 atom stereocenters. The van der Waals surface area contributed by atoms with E-state index in [2.05, 4.69) is 25.9 Å². The van der Waals surface area contributed by atoms with Gasteiger partial charge < -0.3 is 5.73 Å². The van der Waals surface area contributed by atoms with E-state index in [-0.39, 0.29) is 0 Å². The van der Waals surface area contributed by atoms with Gasteiger partial charge in [-0.15, -0.1) is 0 Å². The molecule has 82 valence electrons. The molecule has 0 saturated heterocycles. The molecule has 0 amide bonds. The van der Waals surface area contributed by atoms with Gasteiger partial charge >= 0.3 is 0 Å². The summed E-state index contributed by atoms with van der Waals surface area (Å²) < 4.78 is 0.648. The number of hydrogen-bond acceptors (Lipinski definition) is 3. The summed E-state index contributed by atoms with van der Waals surface area (Å²) in [4.78, 5) is 8.25. The molecule has 0 spiro atoms. The lowest BCUT2D eigenvalue weighted by molar-refractivity contribution is 1.17. The Morgan fingerprint density at radius 3 is 2.69 bits per heavy atom. The highest BCUT2D eigenvalue weighted by Crippen LogP contribution is 2.29. The summed E-state index contributed by atoms with van der Waals surface area (Å²) in [6, 6.07) is 5.10. The van der Waals surface area contributed by atoms with Gasteiger partial charge in [0.05, 0.1) is 9.50 Å². The number of nitrogen functional groups attached to an aromatic ring is 1. The quantitative estimate of drug-likeness (QED) is 0.870. The highest BCUT2D eigenvalue weighted by Gasteiger charge is 2.09. The van der Waals surface area contributed by atoms with E-state index in [0.29, 0.717) is 31.7 Å². The van der Waals surface area contributed by atoms with Gasteiger partial charge in [-0.25, -0.2) is 9.97 Å². The van der Waals surface area contributed by atoms with Gasteiger partial charge in [0.1, 0.15) is 5.82 Å². The van der Waals surface area contributed by atoms with Crippen LogP contribution in [0, 0.1) is 0 Å². The molecule has 1 aromatic carbocycles. The molecule has 2 N–H and O–H groups in total. The molecular formula is C10H6BrCl2N3. The molecule has 0 unspecified atom stereocenters. The number of nitrogens with two attached hydrogens (primary N) is 1. The van der Waals surface area contributed by atoms with E-state index in [1.54, 1.807) is 24.4 Å². The van der Waals surface area contributed by atoms with Crippen molar-refractivity contribution in [1.82, 2.24) is 9.97 Å². The van der Waals surface area contributed by atoms with Crippen LogP contribution in [0.15, 0.2) is 28.9 Å². The second-order valence-corrected chi connectivity index (χ2v) is 4.75. The lowest BCUT2D eigenvalue weighted by atomic mass is 10.2. The molecule has 3 nitrogen and oxygen atoms in total.